The normalized spacial score (nSPS) is 9.47. The Morgan fingerprint density at radius 3 is 2.35 bits per heavy atom. The number of hydrogen-bond donors (Lipinski definition) is 1. The molecule has 2 N–H and O–H groups in total. The molecule has 0 heterocycles. The van der Waals surface area contributed by atoms with Crippen molar-refractivity contribution in [1.29, 1.82) is 0 Å². The minimum atomic E-state index is 0.612. The van der Waals surface area contributed by atoms with Crippen molar-refractivity contribution in [3.05, 3.63) is 60.2 Å². The fourth-order valence-corrected chi connectivity index (χ4v) is 1.69. The molecule has 0 amide bonds. The molecule has 0 fully saturated rings. The van der Waals surface area contributed by atoms with Crippen LogP contribution in [-0.4, -0.2) is 6.54 Å². The topological polar surface area (TPSA) is 26.0 Å². The van der Waals surface area contributed by atoms with Gasteiger partial charge in [0.1, 0.15) is 0 Å². The zero-order chi connectivity index (χ0) is 11.9. The Bertz CT molecular complexity index is 532. The molecule has 0 saturated heterocycles. The van der Waals surface area contributed by atoms with Crippen LogP contribution >= 0.6 is 0 Å². The number of benzene rings is 2. The van der Waals surface area contributed by atoms with Crippen molar-refractivity contribution < 1.29 is 0 Å². The fourth-order valence-electron chi connectivity index (χ4n) is 1.69. The Morgan fingerprint density at radius 2 is 1.59 bits per heavy atom. The van der Waals surface area contributed by atoms with Crippen molar-refractivity contribution >= 4 is 0 Å². The van der Waals surface area contributed by atoms with Gasteiger partial charge in [0.25, 0.3) is 0 Å². The Labute approximate surface area is 102 Å². The first-order valence-electron chi connectivity index (χ1n) is 5.75. The first kappa shape index (κ1) is 11.4. The molecule has 0 radical (unpaired) electrons. The fraction of sp³-hybridized carbons (Fsp3) is 0.125. The lowest BCUT2D eigenvalue weighted by Crippen LogP contribution is -1.95. The van der Waals surface area contributed by atoms with Crippen LogP contribution in [0.1, 0.15) is 12.0 Å². The number of hydrogen-bond acceptors (Lipinski definition) is 1. The van der Waals surface area contributed by atoms with Crippen LogP contribution in [0, 0.1) is 11.8 Å². The summed E-state index contributed by atoms with van der Waals surface area (Å²) in [5.41, 5.74) is 8.88. The molecule has 1 nitrogen and oxygen atoms in total. The van der Waals surface area contributed by atoms with Crippen molar-refractivity contribution in [2.45, 2.75) is 6.42 Å². The van der Waals surface area contributed by atoms with E-state index in [0.717, 1.165) is 12.0 Å². The second-order valence-corrected chi connectivity index (χ2v) is 3.75. The summed E-state index contributed by atoms with van der Waals surface area (Å²) in [5.74, 6) is 6.27. The molecule has 0 aromatic heterocycles. The van der Waals surface area contributed by atoms with E-state index in [9.17, 15) is 0 Å². The van der Waals surface area contributed by atoms with Crippen LogP contribution in [0.15, 0.2) is 54.6 Å². The summed E-state index contributed by atoms with van der Waals surface area (Å²) in [5, 5.41) is 0. The van der Waals surface area contributed by atoms with E-state index in [1.165, 1.54) is 11.1 Å². The van der Waals surface area contributed by atoms with Gasteiger partial charge in [-0.1, -0.05) is 60.4 Å². The Balaban J connectivity index is 2.39. The van der Waals surface area contributed by atoms with Gasteiger partial charge in [-0.25, -0.2) is 0 Å². The summed E-state index contributed by atoms with van der Waals surface area (Å²) in [6.07, 6.45) is 0.739. The van der Waals surface area contributed by atoms with Crippen molar-refractivity contribution in [3.63, 3.8) is 0 Å². The summed E-state index contributed by atoms with van der Waals surface area (Å²) in [6.45, 7) is 0.612. The molecule has 0 unspecified atom stereocenters. The van der Waals surface area contributed by atoms with E-state index in [1.54, 1.807) is 0 Å². The third-order valence-electron chi connectivity index (χ3n) is 2.50. The van der Waals surface area contributed by atoms with Gasteiger partial charge < -0.3 is 5.73 Å². The standard InChI is InChI=1S/C16H15N/c17-13-7-6-11-15-10-4-5-12-16(15)14-8-2-1-3-9-14/h1-5,8-10,12H,7,13,17H2. The molecule has 0 bridgehead atoms. The third-order valence-corrected chi connectivity index (χ3v) is 2.50. The van der Waals surface area contributed by atoms with Crippen molar-refractivity contribution in [2.75, 3.05) is 6.54 Å². The van der Waals surface area contributed by atoms with E-state index < -0.39 is 0 Å². The zero-order valence-corrected chi connectivity index (χ0v) is 9.69. The highest BCUT2D eigenvalue weighted by atomic mass is 14.5. The van der Waals surface area contributed by atoms with E-state index in [2.05, 4.69) is 30.0 Å². The maximum absolute atomic E-state index is 5.44. The van der Waals surface area contributed by atoms with Gasteiger partial charge in [0.05, 0.1) is 0 Å². The quantitative estimate of drug-likeness (QED) is 0.775. The predicted molar refractivity (Wildman–Crippen MR) is 72.4 cm³/mol. The lowest BCUT2D eigenvalue weighted by Gasteiger charge is -2.03. The molecule has 2 aromatic rings. The summed E-state index contributed by atoms with van der Waals surface area (Å²) in [4.78, 5) is 0. The molecular formula is C16H15N. The predicted octanol–water partition coefficient (Wildman–Crippen LogP) is 3.05. The maximum atomic E-state index is 5.44. The molecule has 1 heteroatoms. The number of nitrogens with two attached hydrogens (primary N) is 1. The Morgan fingerprint density at radius 1 is 0.882 bits per heavy atom. The molecule has 0 spiro atoms. The van der Waals surface area contributed by atoms with Gasteiger partial charge in [-0.05, 0) is 17.2 Å². The molecule has 84 valence electrons. The van der Waals surface area contributed by atoms with Crippen LogP contribution in [0.5, 0.6) is 0 Å². The molecule has 0 aliphatic heterocycles. The van der Waals surface area contributed by atoms with Crippen LogP contribution in [0.3, 0.4) is 0 Å². The van der Waals surface area contributed by atoms with E-state index in [0.29, 0.717) is 6.54 Å². The Kier molecular flexibility index (Phi) is 3.96. The van der Waals surface area contributed by atoms with Crippen molar-refractivity contribution in [1.82, 2.24) is 0 Å². The van der Waals surface area contributed by atoms with Crippen molar-refractivity contribution in [3.8, 4) is 23.0 Å². The van der Waals surface area contributed by atoms with Gasteiger partial charge in [-0.2, -0.15) is 0 Å². The SMILES string of the molecule is NCCC#Cc1ccccc1-c1ccccc1. The molecule has 0 aliphatic rings. The molecule has 2 rings (SSSR count). The molecule has 0 aliphatic carbocycles. The first-order chi connectivity index (χ1) is 8.42. The van der Waals surface area contributed by atoms with E-state index in [1.807, 2.05) is 36.4 Å². The number of rotatable bonds is 2. The summed E-state index contributed by atoms with van der Waals surface area (Å²) < 4.78 is 0. The smallest absolute Gasteiger partial charge is 0.0323 e. The second-order valence-electron chi connectivity index (χ2n) is 3.75. The van der Waals surface area contributed by atoms with E-state index in [-0.39, 0.29) is 0 Å². The highest BCUT2D eigenvalue weighted by Gasteiger charge is 2.00. The molecular weight excluding hydrogens is 206 g/mol. The summed E-state index contributed by atoms with van der Waals surface area (Å²) in [7, 11) is 0. The van der Waals surface area contributed by atoms with Crippen LogP contribution < -0.4 is 5.73 Å². The van der Waals surface area contributed by atoms with Gasteiger partial charge in [0.2, 0.25) is 0 Å². The van der Waals surface area contributed by atoms with Crippen LogP contribution in [0.4, 0.5) is 0 Å². The molecule has 17 heavy (non-hydrogen) atoms. The summed E-state index contributed by atoms with van der Waals surface area (Å²) in [6, 6.07) is 18.5. The minimum absolute atomic E-state index is 0.612. The highest BCUT2D eigenvalue weighted by Crippen LogP contribution is 2.22. The van der Waals surface area contributed by atoms with Crippen LogP contribution in [-0.2, 0) is 0 Å². The van der Waals surface area contributed by atoms with E-state index >= 15 is 0 Å². The average Bonchev–Trinajstić information content (AvgIpc) is 2.41. The van der Waals surface area contributed by atoms with Gasteiger partial charge in [-0.3, -0.25) is 0 Å². The van der Waals surface area contributed by atoms with Gasteiger partial charge >= 0.3 is 0 Å². The van der Waals surface area contributed by atoms with Gasteiger partial charge in [0, 0.05) is 18.5 Å². The largest absolute Gasteiger partial charge is 0.330 e. The van der Waals surface area contributed by atoms with Gasteiger partial charge in [-0.15, -0.1) is 0 Å². The Hall–Kier alpha value is -2.04. The highest BCUT2D eigenvalue weighted by molar-refractivity contribution is 5.70. The average molecular weight is 221 g/mol. The lowest BCUT2D eigenvalue weighted by atomic mass is 10.00. The summed E-state index contributed by atoms with van der Waals surface area (Å²) >= 11 is 0. The van der Waals surface area contributed by atoms with Crippen LogP contribution in [0.25, 0.3) is 11.1 Å². The van der Waals surface area contributed by atoms with E-state index in [4.69, 9.17) is 5.73 Å². The molecule has 0 atom stereocenters. The monoisotopic (exact) mass is 221 g/mol. The van der Waals surface area contributed by atoms with Crippen LogP contribution in [0.2, 0.25) is 0 Å². The first-order valence-corrected chi connectivity index (χ1v) is 5.75. The maximum Gasteiger partial charge on any atom is 0.0323 e. The molecule has 0 saturated carbocycles. The second kappa shape index (κ2) is 5.89. The van der Waals surface area contributed by atoms with Crippen molar-refractivity contribution in [2.24, 2.45) is 5.73 Å². The zero-order valence-electron chi connectivity index (χ0n) is 9.69. The van der Waals surface area contributed by atoms with Gasteiger partial charge in [0.15, 0.2) is 0 Å². The third kappa shape index (κ3) is 2.96. The molecule has 2 aromatic carbocycles. The minimum Gasteiger partial charge on any atom is -0.330 e. The lowest BCUT2D eigenvalue weighted by molar-refractivity contribution is 1.03.